The molecule has 2 N–H and O–H groups in total. The normalized spacial score (nSPS) is 10.3. The van der Waals surface area contributed by atoms with Gasteiger partial charge in [-0.3, -0.25) is 0 Å². The number of carbonyl (C=O) groups is 2. The zero-order chi connectivity index (χ0) is 21.7. The van der Waals surface area contributed by atoms with Crippen molar-refractivity contribution in [2.45, 2.75) is 13.8 Å². The summed E-state index contributed by atoms with van der Waals surface area (Å²) in [5.41, 5.74) is 5.52. The van der Waals surface area contributed by atoms with Crippen molar-refractivity contribution in [2.24, 2.45) is 0 Å². The van der Waals surface area contributed by atoms with Gasteiger partial charge in [0.1, 0.15) is 0 Å². The second-order valence-corrected chi connectivity index (χ2v) is 6.88. The molecular weight excluding hydrogens is 380 g/mol. The molecule has 30 heavy (non-hydrogen) atoms. The molecule has 0 amide bonds. The Hall–Kier alpha value is -3.80. The highest BCUT2D eigenvalue weighted by molar-refractivity contribution is 5.99. The van der Waals surface area contributed by atoms with Gasteiger partial charge < -0.3 is 20.1 Å². The van der Waals surface area contributed by atoms with Crippen molar-refractivity contribution in [3.05, 3.63) is 82.9 Å². The molecule has 0 aromatic heterocycles. The average molecular weight is 404 g/mol. The fraction of sp³-hybridized carbons (Fsp3) is 0.167. The number of hydrogen-bond acceptors (Lipinski definition) is 6. The van der Waals surface area contributed by atoms with E-state index >= 15 is 0 Å². The number of anilines is 4. The molecule has 3 aromatic rings. The number of benzene rings is 3. The third-order valence-electron chi connectivity index (χ3n) is 4.63. The molecule has 0 heterocycles. The van der Waals surface area contributed by atoms with Gasteiger partial charge in [-0.2, -0.15) is 0 Å². The first-order valence-electron chi connectivity index (χ1n) is 9.44. The summed E-state index contributed by atoms with van der Waals surface area (Å²) in [6.07, 6.45) is 0. The number of carbonyl (C=O) groups excluding carboxylic acids is 2. The summed E-state index contributed by atoms with van der Waals surface area (Å²) in [5, 5.41) is 6.60. The first-order chi connectivity index (χ1) is 14.4. The molecule has 6 nitrogen and oxygen atoms in total. The first kappa shape index (κ1) is 20.9. The second kappa shape index (κ2) is 9.13. The van der Waals surface area contributed by atoms with Crippen molar-refractivity contribution in [1.29, 1.82) is 0 Å². The van der Waals surface area contributed by atoms with Crippen LogP contribution in [0.4, 0.5) is 22.7 Å². The molecule has 0 aliphatic heterocycles. The maximum atomic E-state index is 12.2. The lowest BCUT2D eigenvalue weighted by molar-refractivity contribution is 0.0593. The van der Waals surface area contributed by atoms with E-state index in [4.69, 9.17) is 9.47 Å². The van der Waals surface area contributed by atoms with E-state index < -0.39 is 11.9 Å². The summed E-state index contributed by atoms with van der Waals surface area (Å²) in [6, 6.07) is 18.6. The SMILES string of the molecule is COC(=O)c1cc(C)ccc1Nc1ccccc1Nc1ccc(C)cc1C(=O)OC. The molecular formula is C24H24N2O4. The van der Waals surface area contributed by atoms with Gasteiger partial charge in [0.05, 0.1) is 48.1 Å². The molecule has 0 fully saturated rings. The highest BCUT2D eigenvalue weighted by Crippen LogP contribution is 2.32. The quantitative estimate of drug-likeness (QED) is 0.538. The summed E-state index contributed by atoms with van der Waals surface area (Å²) < 4.78 is 9.83. The molecule has 0 atom stereocenters. The number of nitrogens with one attached hydrogen (secondary N) is 2. The molecule has 154 valence electrons. The Morgan fingerprint density at radius 2 is 1.03 bits per heavy atom. The van der Waals surface area contributed by atoms with E-state index in [0.29, 0.717) is 22.5 Å². The van der Waals surface area contributed by atoms with E-state index in [1.165, 1.54) is 14.2 Å². The average Bonchev–Trinajstić information content (AvgIpc) is 2.76. The van der Waals surface area contributed by atoms with Gasteiger partial charge in [0.2, 0.25) is 0 Å². The lowest BCUT2D eigenvalue weighted by Crippen LogP contribution is -2.08. The topological polar surface area (TPSA) is 76.7 Å². The van der Waals surface area contributed by atoms with Gasteiger partial charge in [-0.05, 0) is 50.2 Å². The molecule has 0 saturated carbocycles. The van der Waals surface area contributed by atoms with Crippen LogP contribution in [0.1, 0.15) is 31.8 Å². The Labute approximate surface area is 175 Å². The maximum Gasteiger partial charge on any atom is 0.339 e. The smallest absolute Gasteiger partial charge is 0.339 e. The first-order valence-corrected chi connectivity index (χ1v) is 9.44. The summed E-state index contributed by atoms with van der Waals surface area (Å²) in [5.74, 6) is -0.837. The van der Waals surface area contributed by atoms with Crippen molar-refractivity contribution in [1.82, 2.24) is 0 Å². The largest absolute Gasteiger partial charge is 0.465 e. The fourth-order valence-corrected chi connectivity index (χ4v) is 3.08. The van der Waals surface area contributed by atoms with Crippen LogP contribution >= 0.6 is 0 Å². The van der Waals surface area contributed by atoms with Crippen LogP contribution < -0.4 is 10.6 Å². The zero-order valence-corrected chi connectivity index (χ0v) is 17.4. The van der Waals surface area contributed by atoms with E-state index in [2.05, 4.69) is 10.6 Å². The number of hydrogen-bond donors (Lipinski definition) is 2. The second-order valence-electron chi connectivity index (χ2n) is 6.88. The Morgan fingerprint density at radius 3 is 1.40 bits per heavy atom. The fourth-order valence-electron chi connectivity index (χ4n) is 3.08. The lowest BCUT2D eigenvalue weighted by atomic mass is 10.1. The van der Waals surface area contributed by atoms with Gasteiger partial charge in [-0.25, -0.2) is 9.59 Å². The monoisotopic (exact) mass is 404 g/mol. The van der Waals surface area contributed by atoms with Gasteiger partial charge in [0.15, 0.2) is 0 Å². The third kappa shape index (κ3) is 4.60. The van der Waals surface area contributed by atoms with Crippen LogP contribution in [0.5, 0.6) is 0 Å². The van der Waals surface area contributed by atoms with Crippen LogP contribution in [0, 0.1) is 13.8 Å². The molecule has 0 aliphatic carbocycles. The Kier molecular flexibility index (Phi) is 6.37. The Balaban J connectivity index is 1.98. The number of para-hydroxylation sites is 2. The number of esters is 2. The van der Waals surface area contributed by atoms with Crippen molar-refractivity contribution < 1.29 is 19.1 Å². The van der Waals surface area contributed by atoms with Crippen molar-refractivity contribution in [3.8, 4) is 0 Å². The van der Waals surface area contributed by atoms with Crippen LogP contribution in [-0.2, 0) is 9.47 Å². The predicted octanol–water partition coefficient (Wildman–Crippen LogP) is 5.36. The molecule has 0 bridgehead atoms. The molecule has 3 rings (SSSR count). The summed E-state index contributed by atoms with van der Waals surface area (Å²) >= 11 is 0. The minimum absolute atomic E-state index is 0.418. The molecule has 0 radical (unpaired) electrons. The lowest BCUT2D eigenvalue weighted by Gasteiger charge is -2.17. The number of rotatable bonds is 6. The van der Waals surface area contributed by atoms with Crippen LogP contribution in [0.25, 0.3) is 0 Å². The maximum absolute atomic E-state index is 12.2. The molecule has 3 aromatic carbocycles. The van der Waals surface area contributed by atoms with Gasteiger partial charge in [-0.15, -0.1) is 0 Å². The van der Waals surface area contributed by atoms with Gasteiger partial charge in [-0.1, -0.05) is 35.4 Å². The van der Waals surface area contributed by atoms with Crippen LogP contribution in [0.2, 0.25) is 0 Å². The van der Waals surface area contributed by atoms with Crippen LogP contribution in [0.3, 0.4) is 0 Å². The number of methoxy groups -OCH3 is 2. The highest BCUT2D eigenvalue weighted by atomic mass is 16.5. The molecule has 0 aliphatic rings. The Bertz CT molecular complexity index is 1010. The van der Waals surface area contributed by atoms with E-state index in [1.807, 2.05) is 62.4 Å². The van der Waals surface area contributed by atoms with E-state index in [0.717, 1.165) is 22.5 Å². The third-order valence-corrected chi connectivity index (χ3v) is 4.63. The van der Waals surface area contributed by atoms with Crippen molar-refractivity contribution in [3.63, 3.8) is 0 Å². The number of ether oxygens (including phenoxy) is 2. The molecule has 0 unspecified atom stereocenters. The molecule has 0 saturated heterocycles. The van der Waals surface area contributed by atoms with E-state index in [1.54, 1.807) is 12.1 Å². The predicted molar refractivity (Wildman–Crippen MR) is 118 cm³/mol. The molecule has 0 spiro atoms. The van der Waals surface area contributed by atoms with Gasteiger partial charge >= 0.3 is 11.9 Å². The summed E-state index contributed by atoms with van der Waals surface area (Å²) in [4.78, 5) is 24.4. The van der Waals surface area contributed by atoms with Gasteiger partial charge in [0.25, 0.3) is 0 Å². The standard InChI is InChI=1S/C24H24N2O4/c1-15-9-11-19(17(13-15)23(27)29-3)25-21-7-5-6-8-22(21)26-20-12-10-16(2)14-18(20)24(28)30-4/h5-14,25-26H,1-4H3. The minimum atomic E-state index is -0.418. The van der Waals surface area contributed by atoms with Gasteiger partial charge in [0, 0.05) is 0 Å². The van der Waals surface area contributed by atoms with E-state index in [-0.39, 0.29) is 0 Å². The van der Waals surface area contributed by atoms with Crippen LogP contribution in [0.15, 0.2) is 60.7 Å². The van der Waals surface area contributed by atoms with Crippen molar-refractivity contribution >= 4 is 34.7 Å². The minimum Gasteiger partial charge on any atom is -0.465 e. The summed E-state index contributed by atoms with van der Waals surface area (Å²) in [6.45, 7) is 3.83. The number of aryl methyl sites for hydroxylation is 2. The Morgan fingerprint density at radius 1 is 0.633 bits per heavy atom. The zero-order valence-electron chi connectivity index (χ0n) is 17.4. The van der Waals surface area contributed by atoms with E-state index in [9.17, 15) is 9.59 Å². The highest BCUT2D eigenvalue weighted by Gasteiger charge is 2.16. The van der Waals surface area contributed by atoms with Crippen LogP contribution in [-0.4, -0.2) is 26.2 Å². The summed E-state index contributed by atoms with van der Waals surface area (Å²) in [7, 11) is 2.71. The van der Waals surface area contributed by atoms with Crippen molar-refractivity contribution in [2.75, 3.05) is 24.9 Å². The molecule has 6 heteroatoms.